The molecule has 2 rings (SSSR count). The van der Waals surface area contributed by atoms with Gasteiger partial charge in [-0.25, -0.2) is 0 Å². The van der Waals surface area contributed by atoms with Crippen molar-refractivity contribution in [2.75, 3.05) is 5.73 Å². The van der Waals surface area contributed by atoms with Gasteiger partial charge < -0.3 is 10.5 Å². The molecule has 0 aliphatic rings. The highest BCUT2D eigenvalue weighted by molar-refractivity contribution is 7.16. The first-order valence-electron chi connectivity index (χ1n) is 4.43. The molecule has 0 spiro atoms. The Hall–Kier alpha value is -2.02. The summed E-state index contributed by atoms with van der Waals surface area (Å²) < 4.78 is 5.32. The molecule has 0 amide bonds. The summed E-state index contributed by atoms with van der Waals surface area (Å²) in [7, 11) is 0. The molecule has 0 atom stereocenters. The zero-order valence-corrected chi connectivity index (χ0v) is 9.15. The van der Waals surface area contributed by atoms with Gasteiger partial charge in [-0.3, -0.25) is 9.97 Å². The predicted octanol–water partition coefficient (Wildman–Crippen LogP) is 1.13. The molecule has 0 aromatic carbocycles. The van der Waals surface area contributed by atoms with Crippen LogP contribution in [0.1, 0.15) is 11.4 Å². The molecule has 0 fully saturated rings. The van der Waals surface area contributed by atoms with Crippen LogP contribution in [0.5, 0.6) is 5.19 Å². The van der Waals surface area contributed by atoms with Crippen molar-refractivity contribution >= 4 is 22.5 Å². The molecule has 0 saturated heterocycles. The molecule has 0 bridgehead atoms. The van der Waals surface area contributed by atoms with Gasteiger partial charge in [-0.1, -0.05) is 11.7 Å². The summed E-state index contributed by atoms with van der Waals surface area (Å²) in [4.78, 5) is 8.23. The summed E-state index contributed by atoms with van der Waals surface area (Å²) in [6.07, 6.45) is 4.88. The first-order chi connectivity index (χ1) is 7.78. The van der Waals surface area contributed by atoms with E-state index < -0.39 is 0 Å². The molecule has 0 unspecified atom stereocenters. The molecule has 2 heterocycles. The molecule has 2 aromatic heterocycles. The van der Waals surface area contributed by atoms with E-state index in [1.165, 1.54) is 11.3 Å². The minimum atomic E-state index is 0.291. The summed E-state index contributed by atoms with van der Waals surface area (Å²) >= 11 is 1.18. The van der Waals surface area contributed by atoms with Gasteiger partial charge in [-0.2, -0.15) is 0 Å². The van der Waals surface area contributed by atoms with Crippen molar-refractivity contribution in [2.45, 2.75) is 6.61 Å². The van der Waals surface area contributed by atoms with Crippen LogP contribution in [0.4, 0.5) is 5.13 Å². The molecular formula is C9H9N5OS. The second kappa shape index (κ2) is 4.67. The standard InChI is InChI=1S/C9H9N5OS/c1-2-6-3-12-7(4-11-6)5-15-9-14-13-8(10)16-9/h2-4H,1,5H2,(H2,10,13). The molecule has 2 N–H and O–H groups in total. The van der Waals surface area contributed by atoms with Crippen LogP contribution in [0.15, 0.2) is 19.0 Å². The quantitative estimate of drug-likeness (QED) is 0.854. The highest BCUT2D eigenvalue weighted by atomic mass is 32.1. The van der Waals surface area contributed by atoms with E-state index >= 15 is 0 Å². The molecule has 0 aliphatic heterocycles. The Kier molecular flexibility index (Phi) is 3.06. The molecule has 0 saturated carbocycles. The molecule has 7 heteroatoms. The number of anilines is 1. The summed E-state index contributed by atoms with van der Waals surface area (Å²) in [5.41, 5.74) is 6.84. The smallest absolute Gasteiger partial charge is 0.296 e. The third-order valence-electron chi connectivity index (χ3n) is 1.70. The number of nitrogens with zero attached hydrogens (tertiary/aromatic N) is 4. The van der Waals surface area contributed by atoms with Gasteiger partial charge in [0, 0.05) is 0 Å². The average Bonchev–Trinajstić information content (AvgIpc) is 2.73. The summed E-state index contributed by atoms with van der Waals surface area (Å²) in [5.74, 6) is 0. The van der Waals surface area contributed by atoms with E-state index in [1.807, 2.05) is 0 Å². The van der Waals surface area contributed by atoms with Gasteiger partial charge in [0.15, 0.2) is 0 Å². The van der Waals surface area contributed by atoms with Crippen molar-refractivity contribution in [3.05, 3.63) is 30.4 Å². The molecule has 16 heavy (non-hydrogen) atoms. The lowest BCUT2D eigenvalue weighted by Crippen LogP contribution is -1.99. The van der Waals surface area contributed by atoms with Gasteiger partial charge >= 0.3 is 0 Å². The van der Waals surface area contributed by atoms with Gasteiger partial charge in [-0.15, -0.1) is 5.10 Å². The summed E-state index contributed by atoms with van der Waals surface area (Å²) in [6, 6.07) is 0. The zero-order chi connectivity index (χ0) is 11.4. The number of nitrogens with two attached hydrogens (primary N) is 1. The van der Waals surface area contributed by atoms with E-state index in [-0.39, 0.29) is 0 Å². The molecule has 6 nitrogen and oxygen atoms in total. The normalized spacial score (nSPS) is 10.0. The molecular weight excluding hydrogens is 226 g/mol. The predicted molar refractivity (Wildman–Crippen MR) is 60.8 cm³/mol. The van der Waals surface area contributed by atoms with E-state index in [9.17, 15) is 0 Å². The van der Waals surface area contributed by atoms with Crippen molar-refractivity contribution in [1.82, 2.24) is 20.2 Å². The first-order valence-corrected chi connectivity index (χ1v) is 5.24. The second-order valence-electron chi connectivity index (χ2n) is 2.83. The van der Waals surface area contributed by atoms with Gasteiger partial charge in [0.25, 0.3) is 5.19 Å². The molecule has 0 radical (unpaired) electrons. The number of aromatic nitrogens is 4. The topological polar surface area (TPSA) is 86.8 Å². The number of hydrogen-bond donors (Lipinski definition) is 1. The number of rotatable bonds is 4. The monoisotopic (exact) mass is 235 g/mol. The van der Waals surface area contributed by atoms with Gasteiger partial charge in [0.1, 0.15) is 6.61 Å². The van der Waals surface area contributed by atoms with Gasteiger partial charge in [0.05, 0.1) is 23.8 Å². The Morgan fingerprint density at radius 2 is 2.25 bits per heavy atom. The third kappa shape index (κ3) is 2.51. The number of hydrogen-bond acceptors (Lipinski definition) is 7. The third-order valence-corrected chi connectivity index (χ3v) is 2.36. The van der Waals surface area contributed by atoms with Crippen molar-refractivity contribution in [1.29, 1.82) is 0 Å². The Morgan fingerprint density at radius 3 is 2.81 bits per heavy atom. The Morgan fingerprint density at radius 1 is 1.38 bits per heavy atom. The van der Waals surface area contributed by atoms with Crippen molar-refractivity contribution in [3.8, 4) is 5.19 Å². The number of nitrogen functional groups attached to an aromatic ring is 1. The van der Waals surface area contributed by atoms with Gasteiger partial charge in [-0.05, 0) is 17.4 Å². The largest absolute Gasteiger partial charge is 0.462 e. The van der Waals surface area contributed by atoms with Gasteiger partial charge in [0.2, 0.25) is 5.13 Å². The Balaban J connectivity index is 1.96. The SMILES string of the molecule is C=Cc1cnc(COc2nnc(N)s2)cn1. The van der Waals surface area contributed by atoms with Crippen molar-refractivity contribution in [2.24, 2.45) is 0 Å². The first kappa shape index (κ1) is 10.5. The lowest BCUT2D eigenvalue weighted by atomic mass is 10.4. The Bertz CT molecular complexity index is 481. The van der Waals surface area contributed by atoms with Crippen LogP contribution < -0.4 is 10.5 Å². The summed E-state index contributed by atoms with van der Waals surface area (Å²) in [5, 5.41) is 8.15. The fourth-order valence-corrected chi connectivity index (χ4v) is 1.42. The Labute approximate surface area is 95.8 Å². The van der Waals surface area contributed by atoms with Crippen LogP contribution in [0.3, 0.4) is 0 Å². The van der Waals surface area contributed by atoms with Crippen LogP contribution in [0, 0.1) is 0 Å². The average molecular weight is 235 g/mol. The lowest BCUT2D eigenvalue weighted by molar-refractivity contribution is 0.296. The van der Waals surface area contributed by atoms with E-state index in [0.717, 1.165) is 5.69 Å². The van der Waals surface area contributed by atoms with E-state index in [2.05, 4.69) is 26.7 Å². The van der Waals surface area contributed by atoms with Crippen LogP contribution in [0.2, 0.25) is 0 Å². The minimum Gasteiger partial charge on any atom is -0.462 e. The maximum absolute atomic E-state index is 5.41. The second-order valence-corrected chi connectivity index (χ2v) is 3.80. The maximum Gasteiger partial charge on any atom is 0.296 e. The van der Waals surface area contributed by atoms with E-state index in [0.29, 0.717) is 22.6 Å². The highest BCUT2D eigenvalue weighted by Crippen LogP contribution is 2.19. The zero-order valence-electron chi connectivity index (χ0n) is 8.33. The maximum atomic E-state index is 5.41. The molecule has 2 aromatic rings. The highest BCUT2D eigenvalue weighted by Gasteiger charge is 2.03. The number of ether oxygens (including phenoxy) is 1. The fraction of sp³-hybridized carbons (Fsp3) is 0.111. The van der Waals surface area contributed by atoms with Crippen LogP contribution in [-0.4, -0.2) is 20.2 Å². The van der Waals surface area contributed by atoms with Crippen molar-refractivity contribution < 1.29 is 4.74 Å². The molecule has 0 aliphatic carbocycles. The summed E-state index contributed by atoms with van der Waals surface area (Å²) in [6.45, 7) is 3.88. The van der Waals surface area contributed by atoms with E-state index in [4.69, 9.17) is 10.5 Å². The van der Waals surface area contributed by atoms with Crippen molar-refractivity contribution in [3.63, 3.8) is 0 Å². The minimum absolute atomic E-state index is 0.291. The van der Waals surface area contributed by atoms with Crippen LogP contribution >= 0.6 is 11.3 Å². The fourth-order valence-electron chi connectivity index (χ4n) is 0.959. The van der Waals surface area contributed by atoms with E-state index in [1.54, 1.807) is 18.5 Å². The lowest BCUT2D eigenvalue weighted by Gasteiger charge is -2.00. The molecule has 82 valence electrons. The van der Waals surface area contributed by atoms with Crippen LogP contribution in [0.25, 0.3) is 6.08 Å². The van der Waals surface area contributed by atoms with Crippen LogP contribution in [-0.2, 0) is 6.61 Å².